The quantitative estimate of drug-likeness (QED) is 0.437. The summed E-state index contributed by atoms with van der Waals surface area (Å²) in [5, 5.41) is 0. The molecule has 0 saturated carbocycles. The van der Waals surface area contributed by atoms with Crippen molar-refractivity contribution in [3.63, 3.8) is 0 Å². The molecule has 120 valence electrons. The summed E-state index contributed by atoms with van der Waals surface area (Å²) in [6.07, 6.45) is 8.82. The average Bonchev–Trinajstić information content (AvgIpc) is 2.56. The second-order valence-electron chi connectivity index (χ2n) is 3.66. The molecule has 0 fully saturated rings. The number of rotatable bonds is 3. The summed E-state index contributed by atoms with van der Waals surface area (Å²) < 4.78 is 82.3. The Bertz CT molecular complexity index is 331. The third kappa shape index (κ3) is 38.3. The third-order valence-corrected chi connectivity index (χ3v) is 1.59. The number of hydrogen-bond acceptors (Lipinski definition) is 0. The Hall–Kier alpha value is -0.220. The summed E-state index contributed by atoms with van der Waals surface area (Å²) >= 11 is 0. The largest absolute Gasteiger partial charge is 1.00 e. The zero-order chi connectivity index (χ0) is 16.4. The molecule has 0 atom stereocenters. The number of aryl methyl sites for hydroxylation is 2. The summed E-state index contributed by atoms with van der Waals surface area (Å²) in [5.74, 6) is 0. The Balaban J connectivity index is -0.000000254. The zero-order valence-corrected chi connectivity index (χ0v) is 13.9. The van der Waals surface area contributed by atoms with Gasteiger partial charge in [0.2, 0.25) is 6.33 Å². The van der Waals surface area contributed by atoms with Crippen molar-refractivity contribution in [1.82, 2.24) is 4.57 Å². The van der Waals surface area contributed by atoms with Crippen molar-refractivity contribution in [2.75, 3.05) is 0 Å². The maximum atomic E-state index is 9.75. The normalized spacial score (nSPS) is 10.6. The summed E-state index contributed by atoms with van der Waals surface area (Å²) in [6.45, 7) is 3.36. The van der Waals surface area contributed by atoms with E-state index in [9.17, 15) is 34.5 Å². The molecular weight excluding hydrogens is 321 g/mol. The number of imidazole rings is 1. The molecule has 0 spiro atoms. The molecule has 0 aliphatic heterocycles. The van der Waals surface area contributed by atoms with Crippen LogP contribution in [0.1, 0.15) is 19.8 Å². The van der Waals surface area contributed by atoms with Crippen LogP contribution in [0, 0.1) is 0 Å². The zero-order valence-electron chi connectivity index (χ0n) is 11.9. The minimum Gasteiger partial charge on any atom is -0.418 e. The van der Waals surface area contributed by atoms with Gasteiger partial charge in [0.05, 0.1) is 13.6 Å². The SMILES string of the molecule is CCCCn1cc[n+](C)c1.F[B-](F)(F)F.F[B-](F)(F)F.[Na+]. The predicted octanol–water partition coefficient (Wildman–Crippen LogP) is 0.717. The Kier molecular flexibility index (Phi) is 15.1. The van der Waals surface area contributed by atoms with Crippen molar-refractivity contribution >= 4 is 14.5 Å². The Labute approximate surface area is 140 Å². The van der Waals surface area contributed by atoms with Crippen molar-refractivity contribution in [2.45, 2.75) is 26.3 Å². The molecule has 0 amide bonds. The van der Waals surface area contributed by atoms with Crippen LogP contribution in [0.25, 0.3) is 0 Å². The van der Waals surface area contributed by atoms with Gasteiger partial charge in [-0.3, -0.25) is 0 Å². The van der Waals surface area contributed by atoms with E-state index in [1.165, 1.54) is 12.8 Å². The molecule has 0 saturated heterocycles. The Morgan fingerprint density at radius 1 is 0.952 bits per heavy atom. The molecule has 0 aliphatic rings. The van der Waals surface area contributed by atoms with Crippen molar-refractivity contribution in [1.29, 1.82) is 0 Å². The number of aromatic nitrogens is 2. The number of hydrogen-bond donors (Lipinski definition) is 0. The third-order valence-electron chi connectivity index (χ3n) is 1.59. The van der Waals surface area contributed by atoms with E-state index in [0.29, 0.717) is 0 Å². The molecule has 1 rings (SSSR count). The first-order valence-corrected chi connectivity index (χ1v) is 5.58. The number of unbranched alkanes of at least 4 members (excludes halogenated alkanes) is 1. The Morgan fingerprint density at radius 3 is 1.57 bits per heavy atom. The molecule has 1 heterocycles. The van der Waals surface area contributed by atoms with E-state index in [1.807, 2.05) is 7.05 Å². The van der Waals surface area contributed by atoms with Crippen molar-refractivity contribution in [2.24, 2.45) is 7.05 Å². The molecular formula is C8H15B2F8N2Na. The second kappa shape index (κ2) is 12.3. The summed E-state index contributed by atoms with van der Waals surface area (Å²) in [7, 11) is -9.96. The van der Waals surface area contributed by atoms with Gasteiger partial charge in [0.15, 0.2) is 0 Å². The first-order chi connectivity index (χ1) is 8.83. The summed E-state index contributed by atoms with van der Waals surface area (Å²) in [6, 6.07) is 0. The van der Waals surface area contributed by atoms with Gasteiger partial charge in [-0.15, -0.1) is 0 Å². The fourth-order valence-corrected chi connectivity index (χ4v) is 0.975. The molecule has 13 heteroatoms. The van der Waals surface area contributed by atoms with Crippen molar-refractivity contribution < 1.29 is 68.6 Å². The predicted molar refractivity (Wildman–Crippen MR) is 60.9 cm³/mol. The number of halogens is 8. The molecule has 0 N–H and O–H groups in total. The van der Waals surface area contributed by atoms with Crippen LogP contribution in [0.2, 0.25) is 0 Å². The van der Waals surface area contributed by atoms with Crippen molar-refractivity contribution in [3.05, 3.63) is 18.7 Å². The van der Waals surface area contributed by atoms with Crippen LogP contribution in [-0.4, -0.2) is 19.1 Å². The monoisotopic (exact) mass is 336 g/mol. The molecule has 21 heavy (non-hydrogen) atoms. The fraction of sp³-hybridized carbons (Fsp3) is 0.625. The van der Waals surface area contributed by atoms with Crippen LogP contribution < -0.4 is 34.1 Å². The maximum absolute atomic E-state index is 9.75. The molecule has 1 aromatic heterocycles. The first-order valence-electron chi connectivity index (χ1n) is 5.58. The topological polar surface area (TPSA) is 8.81 Å². The van der Waals surface area contributed by atoms with Gasteiger partial charge in [-0.1, -0.05) is 13.3 Å². The average molecular weight is 336 g/mol. The van der Waals surface area contributed by atoms with E-state index in [-0.39, 0.29) is 29.6 Å². The summed E-state index contributed by atoms with van der Waals surface area (Å²) in [4.78, 5) is 0. The van der Waals surface area contributed by atoms with E-state index in [1.54, 1.807) is 0 Å². The van der Waals surface area contributed by atoms with Crippen molar-refractivity contribution in [3.8, 4) is 0 Å². The van der Waals surface area contributed by atoms with Crippen LogP contribution in [0.3, 0.4) is 0 Å². The van der Waals surface area contributed by atoms with Gasteiger partial charge in [0.1, 0.15) is 12.4 Å². The first kappa shape index (κ1) is 25.7. The van der Waals surface area contributed by atoms with E-state index in [4.69, 9.17) is 0 Å². The van der Waals surface area contributed by atoms with Gasteiger partial charge in [-0.05, 0) is 6.42 Å². The van der Waals surface area contributed by atoms with Crippen LogP contribution in [0.5, 0.6) is 0 Å². The van der Waals surface area contributed by atoms with Gasteiger partial charge < -0.3 is 34.5 Å². The standard InChI is InChI=1S/C8H15N2.2BF4.Na/c1-3-4-5-10-7-6-9(2)8-10;2*2-1(3,4)5;/h6-8H,3-5H2,1-2H3;;;/q+1;2*-1;+1. The van der Waals surface area contributed by atoms with Gasteiger partial charge in [0.25, 0.3) is 0 Å². The maximum Gasteiger partial charge on any atom is 1.00 e. The Morgan fingerprint density at radius 2 is 1.33 bits per heavy atom. The number of nitrogens with zero attached hydrogens (tertiary/aromatic N) is 2. The van der Waals surface area contributed by atoms with Crippen LogP contribution in [0.4, 0.5) is 34.5 Å². The van der Waals surface area contributed by atoms with Crippen LogP contribution in [0.15, 0.2) is 18.7 Å². The van der Waals surface area contributed by atoms with Crippen LogP contribution >= 0.6 is 0 Å². The van der Waals surface area contributed by atoms with E-state index >= 15 is 0 Å². The summed E-state index contributed by atoms with van der Waals surface area (Å²) in [5.41, 5.74) is 0. The molecule has 2 nitrogen and oxygen atoms in total. The molecule has 0 radical (unpaired) electrons. The van der Waals surface area contributed by atoms with E-state index in [0.717, 1.165) is 6.54 Å². The smallest absolute Gasteiger partial charge is 0.418 e. The molecule has 1 aromatic rings. The molecule has 0 aliphatic carbocycles. The minimum atomic E-state index is -6.00. The molecule has 0 bridgehead atoms. The van der Waals surface area contributed by atoms with E-state index < -0.39 is 14.5 Å². The van der Waals surface area contributed by atoms with Gasteiger partial charge >= 0.3 is 44.1 Å². The second-order valence-corrected chi connectivity index (χ2v) is 3.66. The van der Waals surface area contributed by atoms with Gasteiger partial charge in [-0.25, -0.2) is 9.13 Å². The van der Waals surface area contributed by atoms with Gasteiger partial charge in [0, 0.05) is 0 Å². The minimum absolute atomic E-state index is 0. The molecule has 0 aromatic carbocycles. The molecule has 0 unspecified atom stereocenters. The van der Waals surface area contributed by atoms with Gasteiger partial charge in [-0.2, -0.15) is 0 Å². The van der Waals surface area contributed by atoms with Crippen LogP contribution in [-0.2, 0) is 13.6 Å². The fourth-order valence-electron chi connectivity index (χ4n) is 0.975. The van der Waals surface area contributed by atoms with E-state index in [2.05, 4.69) is 34.8 Å².